The Morgan fingerprint density at radius 1 is 1.43 bits per heavy atom. The van der Waals surface area contributed by atoms with E-state index in [9.17, 15) is 4.79 Å². The zero-order valence-corrected chi connectivity index (χ0v) is 16.4. The van der Waals surface area contributed by atoms with E-state index in [4.69, 9.17) is 0 Å². The van der Waals surface area contributed by atoms with Gasteiger partial charge in [0, 0.05) is 12.7 Å². The second kappa shape index (κ2) is 5.61. The van der Waals surface area contributed by atoms with Crippen LogP contribution < -0.4 is 5.32 Å². The summed E-state index contributed by atoms with van der Waals surface area (Å²) in [4.78, 5) is 12.8. The number of nitrogens with one attached hydrogen (secondary N) is 1. The van der Waals surface area contributed by atoms with Gasteiger partial charge in [0.25, 0.3) is 5.91 Å². The van der Waals surface area contributed by atoms with E-state index in [1.165, 1.54) is 11.1 Å². The Hall–Kier alpha value is -1.37. The van der Waals surface area contributed by atoms with Gasteiger partial charge in [0.2, 0.25) is 0 Å². The molecule has 1 amide bonds. The number of rotatable bonds is 2. The lowest BCUT2D eigenvalue weighted by Gasteiger charge is -2.19. The molecule has 3 rings (SSSR count). The number of carbonyl (C=O) groups is 1. The number of halogens is 1. The van der Waals surface area contributed by atoms with E-state index in [2.05, 4.69) is 59.8 Å². The van der Waals surface area contributed by atoms with E-state index in [0.717, 1.165) is 21.5 Å². The van der Waals surface area contributed by atoms with Gasteiger partial charge in [-0.15, -0.1) is 0 Å². The minimum atomic E-state index is -0.0784. The van der Waals surface area contributed by atoms with Crippen molar-refractivity contribution in [3.8, 4) is 0 Å². The van der Waals surface area contributed by atoms with Gasteiger partial charge in [0.15, 0.2) is 0 Å². The third-order valence-corrected chi connectivity index (χ3v) is 6.01. The molecule has 4 nitrogen and oxygen atoms in total. The number of nitrogens with zero attached hydrogens (tertiary/aromatic N) is 2. The van der Waals surface area contributed by atoms with E-state index in [-0.39, 0.29) is 11.3 Å². The van der Waals surface area contributed by atoms with Crippen molar-refractivity contribution in [3.05, 3.63) is 44.3 Å². The average molecular weight is 423 g/mol. The summed E-state index contributed by atoms with van der Waals surface area (Å²) in [7, 11) is 1.86. The summed E-state index contributed by atoms with van der Waals surface area (Å²) in [5, 5.41) is 7.46. The van der Waals surface area contributed by atoms with Crippen molar-refractivity contribution in [1.82, 2.24) is 9.78 Å². The Bertz CT molecular complexity index is 792. The molecule has 0 spiro atoms. The van der Waals surface area contributed by atoms with Crippen LogP contribution in [-0.4, -0.2) is 15.7 Å². The molecule has 1 unspecified atom stereocenters. The first-order valence-electron chi connectivity index (χ1n) is 7.86. The number of hydrogen-bond acceptors (Lipinski definition) is 2. The summed E-state index contributed by atoms with van der Waals surface area (Å²) < 4.78 is 2.60. The van der Waals surface area contributed by atoms with Gasteiger partial charge >= 0.3 is 0 Å². The van der Waals surface area contributed by atoms with Crippen LogP contribution in [0.5, 0.6) is 0 Å². The second-order valence-electron chi connectivity index (χ2n) is 7.08. The van der Waals surface area contributed by atoms with E-state index in [1.54, 1.807) is 4.68 Å². The molecule has 23 heavy (non-hydrogen) atoms. The van der Waals surface area contributed by atoms with Gasteiger partial charge in [-0.3, -0.25) is 9.48 Å². The molecule has 0 fully saturated rings. The number of aryl methyl sites for hydroxylation is 2. The molecule has 5 heteroatoms. The van der Waals surface area contributed by atoms with Crippen LogP contribution in [0.4, 0.5) is 5.69 Å². The van der Waals surface area contributed by atoms with Crippen molar-refractivity contribution in [2.24, 2.45) is 7.05 Å². The average Bonchev–Trinajstić information content (AvgIpc) is 2.84. The van der Waals surface area contributed by atoms with Crippen LogP contribution in [0.15, 0.2) is 18.2 Å². The first-order valence-corrected chi connectivity index (χ1v) is 8.94. The third kappa shape index (κ3) is 2.69. The molecular formula is C18H22IN3O. The van der Waals surface area contributed by atoms with Gasteiger partial charge < -0.3 is 5.32 Å². The van der Waals surface area contributed by atoms with Crippen molar-refractivity contribution in [1.29, 1.82) is 0 Å². The van der Waals surface area contributed by atoms with E-state index < -0.39 is 0 Å². The van der Waals surface area contributed by atoms with Crippen LogP contribution in [0.3, 0.4) is 0 Å². The quantitative estimate of drug-likeness (QED) is 0.730. The minimum Gasteiger partial charge on any atom is -0.322 e. The lowest BCUT2D eigenvalue weighted by Crippen LogP contribution is -2.16. The minimum absolute atomic E-state index is 0.0784. The molecule has 1 aromatic heterocycles. The smallest absolute Gasteiger partial charge is 0.260 e. The first kappa shape index (κ1) is 16.5. The Labute approximate surface area is 150 Å². The Morgan fingerprint density at radius 2 is 2.13 bits per heavy atom. The maximum absolute atomic E-state index is 12.8. The normalized spacial score (nSPS) is 18.8. The SMILES string of the molecule is Cc1nn(C)c(I)c1C(=O)Nc1cccc2c1C(C)CC2(C)C. The molecule has 0 aliphatic heterocycles. The second-order valence-corrected chi connectivity index (χ2v) is 8.11. The van der Waals surface area contributed by atoms with Crippen LogP contribution in [0.2, 0.25) is 0 Å². The zero-order valence-electron chi connectivity index (χ0n) is 14.2. The Balaban J connectivity index is 1.99. The van der Waals surface area contributed by atoms with Gasteiger partial charge in [-0.25, -0.2) is 0 Å². The lowest BCUT2D eigenvalue weighted by atomic mass is 9.86. The summed E-state index contributed by atoms with van der Waals surface area (Å²) in [6.07, 6.45) is 1.11. The van der Waals surface area contributed by atoms with Crippen molar-refractivity contribution >= 4 is 34.2 Å². The van der Waals surface area contributed by atoms with Gasteiger partial charge in [-0.1, -0.05) is 32.9 Å². The number of benzene rings is 1. The van der Waals surface area contributed by atoms with Crippen molar-refractivity contribution < 1.29 is 4.79 Å². The summed E-state index contributed by atoms with van der Waals surface area (Å²) in [6.45, 7) is 8.66. The molecule has 1 aliphatic carbocycles. The molecule has 1 N–H and O–H groups in total. The highest BCUT2D eigenvalue weighted by molar-refractivity contribution is 14.1. The maximum Gasteiger partial charge on any atom is 0.260 e. The molecule has 1 aromatic carbocycles. The van der Waals surface area contributed by atoms with Gasteiger partial charge in [0.05, 0.1) is 11.3 Å². The fourth-order valence-electron chi connectivity index (χ4n) is 3.85. The molecule has 0 bridgehead atoms. The topological polar surface area (TPSA) is 46.9 Å². The summed E-state index contributed by atoms with van der Waals surface area (Å²) in [6, 6.07) is 6.23. The van der Waals surface area contributed by atoms with Crippen LogP contribution >= 0.6 is 22.6 Å². The highest BCUT2D eigenvalue weighted by atomic mass is 127. The molecule has 1 atom stereocenters. The summed E-state index contributed by atoms with van der Waals surface area (Å²) in [5.74, 6) is 0.371. The van der Waals surface area contributed by atoms with Crippen molar-refractivity contribution in [2.75, 3.05) is 5.32 Å². The number of hydrogen-bond donors (Lipinski definition) is 1. The fourth-order valence-corrected chi connectivity index (χ4v) is 4.59. The lowest BCUT2D eigenvalue weighted by molar-refractivity contribution is 0.102. The summed E-state index contributed by atoms with van der Waals surface area (Å²) >= 11 is 2.17. The molecule has 1 aliphatic rings. The Kier molecular flexibility index (Phi) is 4.02. The Morgan fingerprint density at radius 3 is 2.74 bits per heavy atom. The fraction of sp³-hybridized carbons (Fsp3) is 0.444. The van der Waals surface area contributed by atoms with E-state index >= 15 is 0 Å². The first-order chi connectivity index (χ1) is 10.7. The highest BCUT2D eigenvalue weighted by Gasteiger charge is 2.36. The van der Waals surface area contributed by atoms with E-state index in [1.807, 2.05) is 26.1 Å². The van der Waals surface area contributed by atoms with Crippen LogP contribution in [0, 0.1) is 10.6 Å². The number of aromatic nitrogens is 2. The predicted octanol–water partition coefficient (Wildman–Crippen LogP) is 4.37. The predicted molar refractivity (Wildman–Crippen MR) is 101 cm³/mol. The molecular weight excluding hydrogens is 401 g/mol. The standard InChI is InChI=1S/C18H22IN3O/c1-10-9-18(3,4)12-7-6-8-13(14(10)12)20-17(23)15-11(2)21-22(5)16(15)19/h6-8,10H,9H2,1-5H3,(H,20,23). The van der Waals surface area contributed by atoms with Gasteiger partial charge in [-0.2, -0.15) is 5.10 Å². The molecule has 0 radical (unpaired) electrons. The van der Waals surface area contributed by atoms with Crippen molar-refractivity contribution in [3.63, 3.8) is 0 Å². The number of anilines is 1. The summed E-state index contributed by atoms with van der Waals surface area (Å²) in [5.41, 5.74) is 5.15. The largest absolute Gasteiger partial charge is 0.322 e. The molecule has 0 saturated carbocycles. The highest BCUT2D eigenvalue weighted by Crippen LogP contribution is 2.48. The molecule has 2 aromatic rings. The number of amides is 1. The molecule has 122 valence electrons. The number of carbonyl (C=O) groups excluding carboxylic acids is 1. The van der Waals surface area contributed by atoms with Crippen LogP contribution in [0.25, 0.3) is 0 Å². The number of fused-ring (bicyclic) bond motifs is 1. The van der Waals surface area contributed by atoms with Gasteiger partial charge in [0.1, 0.15) is 3.70 Å². The van der Waals surface area contributed by atoms with Crippen molar-refractivity contribution in [2.45, 2.75) is 45.4 Å². The third-order valence-electron chi connectivity index (χ3n) is 4.77. The monoisotopic (exact) mass is 423 g/mol. The van der Waals surface area contributed by atoms with E-state index in [0.29, 0.717) is 11.5 Å². The van der Waals surface area contributed by atoms with Crippen LogP contribution in [-0.2, 0) is 12.5 Å². The maximum atomic E-state index is 12.8. The molecule has 0 saturated heterocycles. The van der Waals surface area contributed by atoms with Gasteiger partial charge in [-0.05, 0) is 64.5 Å². The molecule has 1 heterocycles. The zero-order chi connectivity index (χ0) is 16.9. The van der Waals surface area contributed by atoms with Crippen LogP contribution in [0.1, 0.15) is 60.3 Å².